The zero-order chi connectivity index (χ0) is 20.8. The Bertz CT molecular complexity index is 1050. The number of halogens is 4. The minimum absolute atomic E-state index is 0.0205. The topological polar surface area (TPSA) is 67.5 Å². The predicted octanol–water partition coefficient (Wildman–Crippen LogP) is 4.23. The van der Waals surface area contributed by atoms with Gasteiger partial charge < -0.3 is 10.2 Å². The van der Waals surface area contributed by atoms with E-state index in [2.05, 4.69) is 31.2 Å². The molecule has 2 atom stereocenters. The van der Waals surface area contributed by atoms with Gasteiger partial charge in [-0.2, -0.15) is 13.2 Å². The van der Waals surface area contributed by atoms with E-state index in [1.54, 1.807) is 12.4 Å². The Hall–Kier alpha value is -1.70. The first-order valence-electron chi connectivity index (χ1n) is 9.04. The van der Waals surface area contributed by atoms with Crippen LogP contribution in [0.25, 0.3) is 16.8 Å². The third kappa shape index (κ3) is 3.88. The molecule has 0 aromatic carbocycles. The Morgan fingerprint density at radius 3 is 2.83 bits per heavy atom. The number of nitrogens with one attached hydrogen (secondary N) is 1. The second kappa shape index (κ2) is 7.85. The number of nitrogens with zero attached hydrogens (tertiary/aromatic N) is 5. The first kappa shape index (κ1) is 20.6. The highest BCUT2D eigenvalue weighted by Gasteiger charge is 2.38. The van der Waals surface area contributed by atoms with Crippen LogP contribution in [0.15, 0.2) is 24.7 Å². The smallest absolute Gasteiger partial charge is 0.329 e. The van der Waals surface area contributed by atoms with Crippen molar-refractivity contribution < 1.29 is 18.0 Å². The number of hydrogen-bond donors (Lipinski definition) is 1. The van der Waals surface area contributed by atoms with Crippen molar-refractivity contribution in [3.8, 4) is 0 Å². The quantitative estimate of drug-likeness (QED) is 0.506. The summed E-state index contributed by atoms with van der Waals surface area (Å²) in [6, 6.07) is 1.28. The summed E-state index contributed by atoms with van der Waals surface area (Å²) in [4.78, 5) is 22.7. The second-order valence-electron chi connectivity index (χ2n) is 7.01. The highest BCUT2D eigenvalue weighted by Crippen LogP contribution is 2.36. The van der Waals surface area contributed by atoms with Gasteiger partial charge in [0.1, 0.15) is 6.54 Å². The molecule has 2 unspecified atom stereocenters. The van der Waals surface area contributed by atoms with Crippen LogP contribution in [0.1, 0.15) is 25.0 Å². The Labute approximate surface area is 180 Å². The van der Waals surface area contributed by atoms with Crippen LogP contribution < -0.4 is 5.32 Å². The second-order valence-corrected chi connectivity index (χ2v) is 8.72. The highest BCUT2D eigenvalue weighted by molar-refractivity contribution is 14.2. The molecule has 0 aliphatic carbocycles. The van der Waals surface area contributed by atoms with Crippen LogP contribution in [0.2, 0.25) is 0 Å². The van der Waals surface area contributed by atoms with E-state index in [1.807, 2.05) is 32.9 Å². The van der Waals surface area contributed by atoms with E-state index >= 15 is 0 Å². The minimum Gasteiger partial charge on any atom is -0.329 e. The molecule has 2 amide bonds. The van der Waals surface area contributed by atoms with Crippen molar-refractivity contribution in [2.24, 2.45) is 5.92 Å². The number of imidazole rings is 1. The summed E-state index contributed by atoms with van der Waals surface area (Å²) in [6.07, 6.45) is 1.80. The lowest BCUT2D eigenvalue weighted by Crippen LogP contribution is -2.42. The number of urea groups is 1. The van der Waals surface area contributed by atoms with Gasteiger partial charge in [-0.25, -0.2) is 14.8 Å². The third-order valence-electron chi connectivity index (χ3n) is 5.31. The molecule has 1 N–H and O–H groups in total. The highest BCUT2D eigenvalue weighted by atomic mass is 127. The van der Waals surface area contributed by atoms with E-state index < -0.39 is 18.8 Å². The molecule has 4 heterocycles. The molecule has 1 aliphatic heterocycles. The summed E-state index contributed by atoms with van der Waals surface area (Å²) in [5, 5.41) is 1.98. The maximum atomic E-state index is 12.4. The van der Waals surface area contributed by atoms with E-state index in [4.69, 9.17) is 0 Å². The average Bonchev–Trinajstić information content (AvgIpc) is 3.39. The van der Waals surface area contributed by atoms with Gasteiger partial charge in [-0.05, 0) is 12.0 Å². The van der Waals surface area contributed by atoms with Gasteiger partial charge in [0.05, 0.1) is 11.7 Å². The number of fused-ring (bicyclic) bond motifs is 3. The first-order chi connectivity index (χ1) is 13.8. The molecule has 156 valence electrons. The maximum Gasteiger partial charge on any atom is 0.405 e. The van der Waals surface area contributed by atoms with Gasteiger partial charge in [0.25, 0.3) is 0 Å². The molecule has 4 rings (SSSR count). The van der Waals surface area contributed by atoms with Crippen LogP contribution in [0, 0.1) is 5.92 Å². The summed E-state index contributed by atoms with van der Waals surface area (Å²) in [7, 11) is 1.51. The fourth-order valence-corrected chi connectivity index (χ4v) is 5.20. The van der Waals surface area contributed by atoms with Crippen molar-refractivity contribution in [3.63, 3.8) is 0 Å². The zero-order valence-corrected chi connectivity index (χ0v) is 18.3. The van der Waals surface area contributed by atoms with Crippen molar-refractivity contribution in [2.75, 3.05) is 19.6 Å². The van der Waals surface area contributed by atoms with Gasteiger partial charge in [0.15, 0.2) is 11.3 Å². The summed E-state index contributed by atoms with van der Waals surface area (Å²) in [5.41, 5.74) is 3.37. The van der Waals surface area contributed by atoms with Crippen molar-refractivity contribution >= 4 is 53.2 Å². The average molecular weight is 538 g/mol. The maximum absolute atomic E-state index is 12.4. The fourth-order valence-electron chi connectivity index (χ4n) is 3.94. The molecule has 29 heavy (non-hydrogen) atoms. The largest absolute Gasteiger partial charge is 0.405 e. The lowest BCUT2D eigenvalue weighted by Gasteiger charge is -2.18. The lowest BCUT2D eigenvalue weighted by atomic mass is 9.91. The van der Waals surface area contributed by atoms with Gasteiger partial charge in [0.2, 0.25) is 0 Å². The predicted molar refractivity (Wildman–Crippen MR) is 113 cm³/mol. The zero-order valence-electron chi connectivity index (χ0n) is 15.4. The molecule has 1 aliphatic rings. The molecular weight excluding hydrogens is 520 g/mol. The number of carbonyl (C=O) groups is 1. The number of aromatic nitrogens is 4. The Morgan fingerprint density at radius 1 is 1.34 bits per heavy atom. The van der Waals surface area contributed by atoms with Crippen LogP contribution in [-0.4, -0.2) is 55.1 Å². The number of alkyl halides is 3. The molecule has 0 bridgehead atoms. The molecular formula is C17H18F3IN6OS. The van der Waals surface area contributed by atoms with Gasteiger partial charge in [0, 0.05) is 67.4 Å². The summed E-state index contributed by atoms with van der Waals surface area (Å²) < 4.78 is 41.3. The SMILES string of the molecule is CCC1CN(C(=O)NCC(F)(F)F)CC1c1cnc2cnc3c(ccn3SI)n12. The van der Waals surface area contributed by atoms with Gasteiger partial charge in [-0.3, -0.25) is 8.37 Å². The number of amides is 2. The molecule has 0 radical (unpaired) electrons. The number of hydrogen-bond acceptors (Lipinski definition) is 4. The number of carbonyl (C=O) groups excluding carboxylic acids is 1. The fraction of sp³-hybridized carbons (Fsp3) is 0.471. The first-order valence-corrected chi connectivity index (χ1v) is 12.4. The van der Waals surface area contributed by atoms with Crippen LogP contribution in [-0.2, 0) is 0 Å². The van der Waals surface area contributed by atoms with Gasteiger partial charge >= 0.3 is 12.2 Å². The molecule has 3 aromatic rings. The molecule has 7 nitrogen and oxygen atoms in total. The van der Waals surface area contributed by atoms with Crippen LogP contribution >= 0.6 is 30.3 Å². The van der Waals surface area contributed by atoms with Crippen molar-refractivity contribution in [1.82, 2.24) is 28.6 Å². The Morgan fingerprint density at radius 2 is 2.14 bits per heavy atom. The van der Waals surface area contributed by atoms with Crippen molar-refractivity contribution in [3.05, 3.63) is 30.4 Å². The Kier molecular flexibility index (Phi) is 5.57. The lowest BCUT2D eigenvalue weighted by molar-refractivity contribution is -0.123. The van der Waals surface area contributed by atoms with Gasteiger partial charge in [-0.15, -0.1) is 0 Å². The van der Waals surface area contributed by atoms with E-state index in [0.717, 1.165) is 23.3 Å². The minimum atomic E-state index is -4.43. The van der Waals surface area contributed by atoms with Gasteiger partial charge in [-0.1, -0.05) is 13.3 Å². The van der Waals surface area contributed by atoms with E-state index in [9.17, 15) is 18.0 Å². The molecule has 0 saturated carbocycles. The van der Waals surface area contributed by atoms with Crippen LogP contribution in [0.3, 0.4) is 0 Å². The summed E-state index contributed by atoms with van der Waals surface area (Å²) in [5.74, 6) is 0.114. The van der Waals surface area contributed by atoms with E-state index in [-0.39, 0.29) is 11.8 Å². The standard InChI is InChI=1S/C17H18F3IN6OS/c1-2-10-7-25(16(28)24-9-17(18,19)20)8-11(10)13-5-22-14-6-23-15-12(27(13)14)3-4-26(15)29-21/h3-6,10-11H,2,7-9H2,1H3,(H,24,28). The number of likely N-dealkylation sites (tertiary alicyclic amines) is 1. The third-order valence-corrected chi connectivity index (χ3v) is 7.03. The normalized spacial score (nSPS) is 20.1. The molecule has 12 heteroatoms. The monoisotopic (exact) mass is 538 g/mol. The van der Waals surface area contributed by atoms with Crippen molar-refractivity contribution in [1.29, 1.82) is 0 Å². The van der Waals surface area contributed by atoms with E-state index in [1.165, 1.54) is 14.0 Å². The van der Waals surface area contributed by atoms with Crippen LogP contribution in [0.5, 0.6) is 0 Å². The molecule has 3 aromatic heterocycles. The molecule has 1 fully saturated rings. The molecule has 0 spiro atoms. The van der Waals surface area contributed by atoms with E-state index in [0.29, 0.717) is 18.7 Å². The summed E-state index contributed by atoms with van der Waals surface area (Å²) in [6.45, 7) is 1.46. The molecule has 1 saturated heterocycles. The number of rotatable bonds is 4. The van der Waals surface area contributed by atoms with Crippen LogP contribution in [0.4, 0.5) is 18.0 Å². The Balaban J connectivity index is 1.66. The summed E-state index contributed by atoms with van der Waals surface area (Å²) >= 11 is 2.18. The van der Waals surface area contributed by atoms with Crippen molar-refractivity contribution in [2.45, 2.75) is 25.4 Å².